The van der Waals surface area contributed by atoms with E-state index in [9.17, 15) is 14.3 Å². The normalized spacial score (nSPS) is 24.4. The molecule has 4 atom stereocenters. The summed E-state index contributed by atoms with van der Waals surface area (Å²) in [5, 5.41) is 21.1. The molecular formula is C24H26FN7O4. The molecule has 36 heavy (non-hydrogen) atoms. The molecule has 4 aromatic heterocycles. The van der Waals surface area contributed by atoms with Gasteiger partial charge in [-0.1, -0.05) is 0 Å². The third-order valence-electron chi connectivity index (χ3n) is 6.81. The number of amides is 1. The van der Waals surface area contributed by atoms with Crippen molar-refractivity contribution in [3.63, 3.8) is 0 Å². The Hall–Kier alpha value is -3.61. The molecule has 0 spiro atoms. The smallest absolute Gasteiger partial charge is 0.257 e. The monoisotopic (exact) mass is 495 g/mol. The van der Waals surface area contributed by atoms with Gasteiger partial charge in [0.1, 0.15) is 23.2 Å². The Labute approximate surface area is 205 Å². The molecule has 12 heteroatoms. The Morgan fingerprint density at radius 3 is 2.92 bits per heavy atom. The molecule has 0 saturated carbocycles. The summed E-state index contributed by atoms with van der Waals surface area (Å²) in [7, 11) is 1.76. The number of ether oxygens (including phenoxy) is 2. The molecule has 1 amide bonds. The lowest BCUT2D eigenvalue weighted by Crippen LogP contribution is -2.42. The van der Waals surface area contributed by atoms with Crippen molar-refractivity contribution < 1.29 is 23.8 Å². The van der Waals surface area contributed by atoms with E-state index < -0.39 is 30.3 Å². The zero-order valence-corrected chi connectivity index (χ0v) is 19.6. The van der Waals surface area contributed by atoms with Crippen LogP contribution in [0.25, 0.3) is 27.9 Å². The van der Waals surface area contributed by atoms with E-state index in [4.69, 9.17) is 14.5 Å². The highest BCUT2D eigenvalue weighted by Gasteiger charge is 2.31. The van der Waals surface area contributed by atoms with Crippen molar-refractivity contribution >= 4 is 28.4 Å². The molecule has 2 aliphatic heterocycles. The first kappa shape index (κ1) is 22.8. The second-order valence-corrected chi connectivity index (χ2v) is 9.03. The van der Waals surface area contributed by atoms with Crippen molar-refractivity contribution in [2.24, 2.45) is 0 Å². The molecule has 3 N–H and O–H groups in total. The van der Waals surface area contributed by atoms with Crippen LogP contribution < -0.4 is 10.6 Å². The lowest BCUT2D eigenvalue weighted by Gasteiger charge is -2.27. The van der Waals surface area contributed by atoms with Gasteiger partial charge in [0.05, 0.1) is 49.9 Å². The fourth-order valence-corrected chi connectivity index (χ4v) is 4.91. The first-order chi connectivity index (χ1) is 17.5. The van der Waals surface area contributed by atoms with E-state index in [2.05, 4.69) is 20.7 Å². The molecule has 0 bridgehead atoms. The summed E-state index contributed by atoms with van der Waals surface area (Å²) in [6.45, 7) is 0.948. The second kappa shape index (κ2) is 9.12. The van der Waals surface area contributed by atoms with Gasteiger partial charge in [0.2, 0.25) is 0 Å². The molecule has 2 aliphatic rings. The van der Waals surface area contributed by atoms with E-state index in [1.54, 1.807) is 17.8 Å². The van der Waals surface area contributed by atoms with Gasteiger partial charge in [0.15, 0.2) is 5.65 Å². The van der Waals surface area contributed by atoms with Crippen LogP contribution in [0.15, 0.2) is 36.8 Å². The van der Waals surface area contributed by atoms with E-state index in [-0.39, 0.29) is 25.4 Å². The third kappa shape index (κ3) is 3.77. The molecule has 0 aliphatic carbocycles. The van der Waals surface area contributed by atoms with E-state index in [1.807, 2.05) is 29.0 Å². The fourth-order valence-electron chi connectivity index (χ4n) is 4.91. The summed E-state index contributed by atoms with van der Waals surface area (Å²) >= 11 is 0. The number of anilines is 1. The van der Waals surface area contributed by atoms with Crippen LogP contribution in [-0.4, -0.2) is 87.0 Å². The molecule has 0 radical (unpaired) electrons. The number of fused-ring (bicyclic) bond motifs is 2. The predicted octanol–water partition coefficient (Wildman–Crippen LogP) is 1.58. The summed E-state index contributed by atoms with van der Waals surface area (Å²) in [6.07, 6.45) is 3.64. The van der Waals surface area contributed by atoms with E-state index in [0.717, 1.165) is 10.9 Å². The number of carbonyl (C=O) groups is 1. The highest BCUT2D eigenvalue weighted by Crippen LogP contribution is 2.35. The minimum Gasteiger partial charge on any atom is -0.388 e. The lowest BCUT2D eigenvalue weighted by molar-refractivity contribution is 0.00443. The standard InChI is InChI=1S/C24H26FN7O4/c1-26-21-7-17(29-23-14(8-28-32(21)23)24(34)30-18-11-36-12-20(18)33)15-9-31(19-4-6-35-10-16(19)25)22-13(15)3-2-5-27-22/h2-3,5,7-9,16,18-20,26,33H,4,6,10-12H2,1H3,(H,30,34)/t16-,18-,19-,20+/m1/s1. The maximum absolute atomic E-state index is 14.8. The average Bonchev–Trinajstić information content (AvgIpc) is 3.61. The molecule has 6 heterocycles. The number of hydrogen-bond acceptors (Lipinski definition) is 8. The van der Waals surface area contributed by atoms with Crippen LogP contribution in [0.4, 0.5) is 10.2 Å². The zero-order chi connectivity index (χ0) is 24.8. The van der Waals surface area contributed by atoms with Crippen LogP contribution in [-0.2, 0) is 9.47 Å². The molecule has 0 aromatic carbocycles. The van der Waals surface area contributed by atoms with Gasteiger partial charge in [0.25, 0.3) is 5.91 Å². The number of pyridine rings is 1. The number of hydrogen-bond donors (Lipinski definition) is 3. The number of alkyl halides is 1. The van der Waals surface area contributed by atoms with Crippen LogP contribution in [0.2, 0.25) is 0 Å². The lowest BCUT2D eigenvalue weighted by atomic mass is 10.1. The van der Waals surface area contributed by atoms with Gasteiger partial charge < -0.3 is 29.8 Å². The number of carbonyl (C=O) groups excluding carboxylic acids is 1. The second-order valence-electron chi connectivity index (χ2n) is 9.03. The summed E-state index contributed by atoms with van der Waals surface area (Å²) < 4.78 is 28.8. The van der Waals surface area contributed by atoms with Gasteiger partial charge in [-0.2, -0.15) is 9.61 Å². The van der Waals surface area contributed by atoms with E-state index >= 15 is 0 Å². The maximum Gasteiger partial charge on any atom is 0.257 e. The molecule has 6 rings (SSSR count). The van der Waals surface area contributed by atoms with Gasteiger partial charge in [-0.3, -0.25) is 4.79 Å². The van der Waals surface area contributed by atoms with Crippen molar-refractivity contribution in [1.29, 1.82) is 0 Å². The molecule has 2 saturated heterocycles. The summed E-state index contributed by atoms with van der Waals surface area (Å²) in [5.41, 5.74) is 2.63. The van der Waals surface area contributed by atoms with Gasteiger partial charge in [0, 0.05) is 43.1 Å². The highest BCUT2D eigenvalue weighted by atomic mass is 19.1. The van der Waals surface area contributed by atoms with Gasteiger partial charge >= 0.3 is 0 Å². The third-order valence-corrected chi connectivity index (χ3v) is 6.81. The molecule has 11 nitrogen and oxygen atoms in total. The molecular weight excluding hydrogens is 469 g/mol. The Morgan fingerprint density at radius 1 is 1.25 bits per heavy atom. The summed E-state index contributed by atoms with van der Waals surface area (Å²) in [4.78, 5) is 22.4. The summed E-state index contributed by atoms with van der Waals surface area (Å²) in [6, 6.07) is 4.69. The first-order valence-corrected chi connectivity index (χ1v) is 11.9. The SMILES string of the molecule is CNc1cc(-c2cn([C@@H]3CCOC[C@H]3F)c3ncccc23)nc2c(C(=O)N[C@@H]3COC[C@@H]3O)cnn12. The fraction of sp³-hybridized carbons (Fsp3) is 0.417. The highest BCUT2D eigenvalue weighted by molar-refractivity contribution is 6.01. The number of aromatic nitrogens is 5. The zero-order valence-electron chi connectivity index (χ0n) is 19.6. The Kier molecular flexibility index (Phi) is 5.78. The minimum atomic E-state index is -1.15. The van der Waals surface area contributed by atoms with Crippen LogP contribution in [0.3, 0.4) is 0 Å². The van der Waals surface area contributed by atoms with Gasteiger partial charge in [-0.15, -0.1) is 0 Å². The van der Waals surface area contributed by atoms with E-state index in [1.165, 1.54) is 6.20 Å². The Bertz CT molecular complexity index is 1440. The largest absolute Gasteiger partial charge is 0.388 e. The Morgan fingerprint density at radius 2 is 2.14 bits per heavy atom. The van der Waals surface area contributed by atoms with Crippen LogP contribution >= 0.6 is 0 Å². The topological polar surface area (TPSA) is 128 Å². The molecule has 0 unspecified atom stereocenters. The molecule has 4 aromatic rings. The number of halogens is 1. The van der Waals surface area contributed by atoms with Crippen LogP contribution in [0.1, 0.15) is 22.8 Å². The van der Waals surface area contributed by atoms with Gasteiger partial charge in [-0.25, -0.2) is 14.4 Å². The van der Waals surface area contributed by atoms with Crippen molar-refractivity contribution in [2.75, 3.05) is 38.8 Å². The molecule has 188 valence electrons. The first-order valence-electron chi connectivity index (χ1n) is 11.9. The average molecular weight is 496 g/mol. The summed E-state index contributed by atoms with van der Waals surface area (Å²) in [5.74, 6) is 0.218. The quantitative estimate of drug-likeness (QED) is 0.381. The number of nitrogens with zero attached hydrogens (tertiary/aromatic N) is 5. The van der Waals surface area contributed by atoms with Crippen molar-refractivity contribution in [2.45, 2.75) is 30.8 Å². The van der Waals surface area contributed by atoms with Crippen molar-refractivity contribution in [3.05, 3.63) is 42.4 Å². The van der Waals surface area contributed by atoms with Gasteiger partial charge in [-0.05, 0) is 18.6 Å². The number of rotatable bonds is 5. The van der Waals surface area contributed by atoms with Crippen LogP contribution in [0.5, 0.6) is 0 Å². The number of nitrogens with one attached hydrogen (secondary N) is 2. The number of aliphatic hydroxyl groups excluding tert-OH is 1. The maximum atomic E-state index is 14.8. The number of aliphatic hydroxyl groups is 1. The molecule has 2 fully saturated rings. The minimum absolute atomic E-state index is 0.0512. The van der Waals surface area contributed by atoms with E-state index in [0.29, 0.717) is 35.8 Å². The van der Waals surface area contributed by atoms with Crippen molar-refractivity contribution in [3.8, 4) is 11.3 Å². The van der Waals surface area contributed by atoms with Crippen LogP contribution in [0, 0.1) is 0 Å². The predicted molar refractivity (Wildman–Crippen MR) is 129 cm³/mol. The van der Waals surface area contributed by atoms with Crippen molar-refractivity contribution in [1.82, 2.24) is 29.5 Å². The Balaban J connectivity index is 1.46.